The van der Waals surface area contributed by atoms with Gasteiger partial charge in [0.05, 0.1) is 13.2 Å². The average Bonchev–Trinajstić information content (AvgIpc) is 2.53. The first-order chi connectivity index (χ1) is 11.0. The number of carbonyl (C=O) groups is 1. The Morgan fingerprint density at radius 1 is 1.26 bits per heavy atom. The van der Waals surface area contributed by atoms with Crippen LogP contribution in [0, 0.1) is 6.57 Å². The van der Waals surface area contributed by atoms with Gasteiger partial charge in [0.25, 0.3) is 5.70 Å². The molecule has 0 heterocycles. The second-order valence-electron chi connectivity index (χ2n) is 5.01. The lowest BCUT2D eigenvalue weighted by atomic mass is 10.1. The molecule has 0 aliphatic carbocycles. The smallest absolute Gasteiger partial charge is 0.336 e. The number of carbonyl (C=O) groups excluding carboxylic acids is 1. The summed E-state index contributed by atoms with van der Waals surface area (Å²) in [5, 5.41) is 11.3. The van der Waals surface area contributed by atoms with Crippen molar-refractivity contribution in [3.63, 3.8) is 0 Å². The number of rotatable bonds is 8. The quantitative estimate of drug-likeness (QED) is 0.290. The molecule has 0 amide bonds. The van der Waals surface area contributed by atoms with Gasteiger partial charge >= 0.3 is 5.97 Å². The van der Waals surface area contributed by atoms with Crippen molar-refractivity contribution in [2.24, 2.45) is 0 Å². The van der Waals surface area contributed by atoms with Crippen LogP contribution in [0.3, 0.4) is 0 Å². The standard InChI is InChI=1S/C17H19Cl2NO3/c1-3-4-5-6-7-8-23-17(22)15(20-2)11-12-9-13(18)16(21)14(19)10-12/h9-11,21H,3-8H2,1H3/p-1. The van der Waals surface area contributed by atoms with Crippen LogP contribution >= 0.6 is 23.2 Å². The summed E-state index contributed by atoms with van der Waals surface area (Å²) in [7, 11) is 0. The van der Waals surface area contributed by atoms with Crippen LogP contribution in [-0.2, 0) is 9.53 Å². The molecule has 1 aromatic carbocycles. The highest BCUT2D eigenvalue weighted by Gasteiger charge is 2.12. The molecule has 6 heteroatoms. The van der Waals surface area contributed by atoms with Crippen molar-refractivity contribution in [2.75, 3.05) is 6.61 Å². The zero-order chi connectivity index (χ0) is 17.2. The molecule has 0 fully saturated rings. The molecule has 0 aliphatic rings. The minimum atomic E-state index is -0.686. The molecule has 0 aromatic heterocycles. The molecule has 1 rings (SSSR count). The van der Waals surface area contributed by atoms with Crippen molar-refractivity contribution in [3.8, 4) is 5.75 Å². The number of halogens is 2. The van der Waals surface area contributed by atoms with Crippen molar-refractivity contribution < 1.29 is 14.6 Å². The summed E-state index contributed by atoms with van der Waals surface area (Å²) in [5.74, 6) is -1.17. The fraction of sp³-hybridized carbons (Fsp3) is 0.412. The Morgan fingerprint density at radius 3 is 2.43 bits per heavy atom. The Balaban J connectivity index is 2.65. The summed E-state index contributed by atoms with van der Waals surface area (Å²) in [4.78, 5) is 15.0. The summed E-state index contributed by atoms with van der Waals surface area (Å²) in [5.41, 5.74) is 0.231. The van der Waals surface area contributed by atoms with Crippen LogP contribution in [0.25, 0.3) is 10.9 Å². The number of esters is 1. The van der Waals surface area contributed by atoms with Gasteiger partial charge in [-0.05, 0) is 30.2 Å². The van der Waals surface area contributed by atoms with Gasteiger partial charge in [-0.3, -0.25) is 4.79 Å². The van der Waals surface area contributed by atoms with Gasteiger partial charge in [0, 0.05) is 10.0 Å². The van der Waals surface area contributed by atoms with Gasteiger partial charge in [-0.15, -0.1) is 0 Å². The first-order valence-electron chi connectivity index (χ1n) is 7.42. The molecule has 0 saturated heterocycles. The van der Waals surface area contributed by atoms with E-state index in [1.165, 1.54) is 24.6 Å². The zero-order valence-electron chi connectivity index (χ0n) is 12.9. The summed E-state index contributed by atoms with van der Waals surface area (Å²) in [6.07, 6.45) is 6.51. The summed E-state index contributed by atoms with van der Waals surface area (Å²) >= 11 is 11.5. The molecule has 124 valence electrons. The second kappa shape index (κ2) is 10.1. The highest BCUT2D eigenvalue weighted by atomic mass is 35.5. The third-order valence-corrected chi connectivity index (χ3v) is 3.70. The molecule has 0 spiro atoms. The van der Waals surface area contributed by atoms with Gasteiger partial charge in [0.2, 0.25) is 0 Å². The number of nitrogens with zero attached hydrogens (tertiary/aromatic N) is 1. The first-order valence-corrected chi connectivity index (χ1v) is 8.17. The van der Waals surface area contributed by atoms with Crippen molar-refractivity contribution in [3.05, 3.63) is 44.9 Å². The van der Waals surface area contributed by atoms with Crippen LogP contribution in [0.1, 0.15) is 44.6 Å². The van der Waals surface area contributed by atoms with Crippen LogP contribution in [0.4, 0.5) is 0 Å². The van der Waals surface area contributed by atoms with E-state index < -0.39 is 11.7 Å². The van der Waals surface area contributed by atoms with E-state index >= 15 is 0 Å². The Labute approximate surface area is 146 Å². The minimum absolute atomic E-state index is 0.0580. The van der Waals surface area contributed by atoms with E-state index in [2.05, 4.69) is 11.8 Å². The fourth-order valence-electron chi connectivity index (χ4n) is 1.90. The molecule has 0 saturated carbocycles. The summed E-state index contributed by atoms with van der Waals surface area (Å²) < 4.78 is 5.08. The van der Waals surface area contributed by atoms with Gasteiger partial charge < -0.3 is 9.84 Å². The lowest BCUT2D eigenvalue weighted by Crippen LogP contribution is -2.07. The Bertz CT molecular complexity index is 598. The number of hydrogen-bond acceptors (Lipinski definition) is 3. The Hall–Kier alpha value is -1.70. The lowest BCUT2D eigenvalue weighted by molar-refractivity contribution is -0.268. The molecule has 0 atom stereocenters. The van der Waals surface area contributed by atoms with Crippen molar-refractivity contribution in [1.82, 2.24) is 0 Å². The van der Waals surface area contributed by atoms with Crippen LogP contribution in [0.15, 0.2) is 17.8 Å². The summed E-state index contributed by atoms with van der Waals surface area (Å²) in [6, 6.07) is 2.72. The lowest BCUT2D eigenvalue weighted by Gasteiger charge is -2.11. The van der Waals surface area contributed by atoms with Crippen molar-refractivity contribution in [2.45, 2.75) is 39.0 Å². The fourth-order valence-corrected chi connectivity index (χ4v) is 2.41. The van der Waals surface area contributed by atoms with Crippen LogP contribution < -0.4 is 5.11 Å². The highest BCUT2D eigenvalue weighted by Crippen LogP contribution is 2.31. The average molecular weight is 355 g/mol. The number of unbranched alkanes of at least 4 members (excludes halogenated alkanes) is 4. The topological polar surface area (TPSA) is 53.7 Å². The number of benzene rings is 1. The molecule has 0 aliphatic heterocycles. The molecular formula is C17H18Cl2NO3-. The van der Waals surface area contributed by atoms with Crippen LogP contribution in [0.5, 0.6) is 5.75 Å². The van der Waals surface area contributed by atoms with E-state index in [1.54, 1.807) is 0 Å². The molecule has 0 radical (unpaired) electrons. The first kappa shape index (κ1) is 19.3. The minimum Gasteiger partial charge on any atom is -0.870 e. The van der Waals surface area contributed by atoms with Gasteiger partial charge in [-0.1, -0.05) is 61.6 Å². The van der Waals surface area contributed by atoms with Crippen LogP contribution in [0.2, 0.25) is 10.0 Å². The van der Waals surface area contributed by atoms with Crippen LogP contribution in [-0.4, -0.2) is 12.6 Å². The van der Waals surface area contributed by atoms with E-state index in [4.69, 9.17) is 34.5 Å². The predicted molar refractivity (Wildman–Crippen MR) is 90.2 cm³/mol. The Morgan fingerprint density at radius 2 is 1.87 bits per heavy atom. The molecule has 0 bridgehead atoms. The SMILES string of the molecule is [C-]#[N+]C(=Cc1cc(Cl)c([O-])c(Cl)c1)C(=O)OCCCCCCC. The largest absolute Gasteiger partial charge is 0.870 e. The van der Waals surface area contributed by atoms with E-state index in [-0.39, 0.29) is 22.3 Å². The second-order valence-corrected chi connectivity index (χ2v) is 5.82. The van der Waals surface area contributed by atoms with Crippen molar-refractivity contribution in [1.29, 1.82) is 0 Å². The van der Waals surface area contributed by atoms with E-state index in [0.29, 0.717) is 5.56 Å². The van der Waals surface area contributed by atoms with Crippen molar-refractivity contribution >= 4 is 35.2 Å². The zero-order valence-corrected chi connectivity index (χ0v) is 14.4. The predicted octanol–water partition coefficient (Wildman–Crippen LogP) is 4.84. The highest BCUT2D eigenvalue weighted by molar-refractivity contribution is 6.37. The molecule has 1 aromatic rings. The van der Waals surface area contributed by atoms with E-state index in [0.717, 1.165) is 25.7 Å². The van der Waals surface area contributed by atoms with E-state index in [1.807, 2.05) is 0 Å². The third kappa shape index (κ3) is 6.52. The van der Waals surface area contributed by atoms with Gasteiger partial charge in [0.1, 0.15) is 0 Å². The van der Waals surface area contributed by atoms with Gasteiger partial charge in [-0.25, -0.2) is 4.85 Å². The number of hydrogen-bond donors (Lipinski definition) is 0. The molecule has 4 nitrogen and oxygen atoms in total. The maximum absolute atomic E-state index is 11.9. The number of ether oxygens (including phenoxy) is 1. The maximum Gasteiger partial charge on any atom is 0.336 e. The monoisotopic (exact) mass is 354 g/mol. The van der Waals surface area contributed by atoms with Gasteiger partial charge in [-0.2, -0.15) is 0 Å². The Kier molecular flexibility index (Phi) is 8.53. The normalized spacial score (nSPS) is 11.1. The molecule has 0 unspecified atom stereocenters. The molecular weight excluding hydrogens is 337 g/mol. The molecule has 0 N–H and O–H groups in total. The summed E-state index contributed by atoms with van der Waals surface area (Å²) in [6.45, 7) is 9.51. The third-order valence-electron chi connectivity index (χ3n) is 3.13. The van der Waals surface area contributed by atoms with Gasteiger partial charge in [0.15, 0.2) is 0 Å². The molecule has 23 heavy (non-hydrogen) atoms. The maximum atomic E-state index is 11.9. The van der Waals surface area contributed by atoms with E-state index in [9.17, 15) is 9.90 Å².